The maximum absolute atomic E-state index is 13.1. The summed E-state index contributed by atoms with van der Waals surface area (Å²) >= 11 is 0. The SMILES string of the molecule is CC(=O)N(CCNS(=O)(=O)c1ccc(F)cc1C)C1CCS(=O)(=O)C1. The van der Waals surface area contributed by atoms with Crippen LogP contribution < -0.4 is 4.72 Å². The van der Waals surface area contributed by atoms with E-state index in [0.29, 0.717) is 6.42 Å². The van der Waals surface area contributed by atoms with Crippen LogP contribution in [0.25, 0.3) is 0 Å². The topological polar surface area (TPSA) is 101 Å². The van der Waals surface area contributed by atoms with E-state index in [4.69, 9.17) is 0 Å². The van der Waals surface area contributed by atoms with Crippen molar-refractivity contribution in [1.29, 1.82) is 0 Å². The molecule has 25 heavy (non-hydrogen) atoms. The molecule has 0 spiro atoms. The lowest BCUT2D eigenvalue weighted by molar-refractivity contribution is -0.130. The third-order valence-corrected chi connectivity index (χ3v) is 7.50. The van der Waals surface area contributed by atoms with Gasteiger partial charge in [-0.05, 0) is 37.1 Å². The second kappa shape index (κ2) is 7.38. The van der Waals surface area contributed by atoms with Gasteiger partial charge >= 0.3 is 0 Å². The molecule has 1 saturated heterocycles. The Hall–Kier alpha value is -1.52. The zero-order chi connectivity index (χ0) is 18.8. The second-order valence-electron chi connectivity index (χ2n) is 6.08. The molecule has 0 aliphatic carbocycles. The number of sulfonamides is 1. The Labute approximate surface area is 147 Å². The molecule has 2 rings (SSSR count). The number of carbonyl (C=O) groups excluding carboxylic acids is 1. The highest BCUT2D eigenvalue weighted by atomic mass is 32.2. The van der Waals surface area contributed by atoms with Gasteiger partial charge in [-0.15, -0.1) is 0 Å². The Morgan fingerprint density at radius 3 is 2.60 bits per heavy atom. The summed E-state index contributed by atoms with van der Waals surface area (Å²) in [6.45, 7) is 2.82. The number of nitrogens with one attached hydrogen (secondary N) is 1. The number of rotatable bonds is 6. The van der Waals surface area contributed by atoms with Gasteiger partial charge in [0.2, 0.25) is 15.9 Å². The fourth-order valence-corrected chi connectivity index (χ4v) is 5.89. The first kappa shape index (κ1) is 19.8. The molecule has 0 saturated carbocycles. The molecule has 1 unspecified atom stereocenters. The standard InChI is InChI=1S/C15H21FN2O5S2/c1-11-9-13(16)3-4-15(11)25(22,23)17-6-7-18(12(2)19)14-5-8-24(20,21)10-14/h3-4,9,14,17H,5-8,10H2,1-2H3. The lowest BCUT2D eigenvalue weighted by Gasteiger charge is -2.27. The fraction of sp³-hybridized carbons (Fsp3) is 0.533. The third kappa shape index (κ3) is 4.99. The van der Waals surface area contributed by atoms with Crippen molar-refractivity contribution in [2.24, 2.45) is 0 Å². The van der Waals surface area contributed by atoms with E-state index in [1.165, 1.54) is 24.8 Å². The molecule has 1 atom stereocenters. The molecule has 1 amide bonds. The van der Waals surface area contributed by atoms with Crippen LogP contribution in [0.3, 0.4) is 0 Å². The summed E-state index contributed by atoms with van der Waals surface area (Å²) in [4.78, 5) is 13.1. The third-order valence-electron chi connectivity index (χ3n) is 4.12. The van der Waals surface area contributed by atoms with Gasteiger partial charge in [0.15, 0.2) is 9.84 Å². The Kier molecular flexibility index (Phi) is 5.85. The van der Waals surface area contributed by atoms with Crippen LogP contribution in [0.5, 0.6) is 0 Å². The first-order valence-electron chi connectivity index (χ1n) is 7.75. The molecule has 1 N–H and O–H groups in total. The molecule has 1 aromatic rings. The number of sulfone groups is 1. The van der Waals surface area contributed by atoms with Crippen LogP contribution in [0.1, 0.15) is 18.9 Å². The van der Waals surface area contributed by atoms with Crippen LogP contribution in [0, 0.1) is 12.7 Å². The molecule has 1 aromatic carbocycles. The average Bonchev–Trinajstić information content (AvgIpc) is 2.82. The van der Waals surface area contributed by atoms with Crippen molar-refractivity contribution >= 4 is 25.8 Å². The Morgan fingerprint density at radius 1 is 1.40 bits per heavy atom. The van der Waals surface area contributed by atoms with Crippen LogP contribution in [0.4, 0.5) is 4.39 Å². The van der Waals surface area contributed by atoms with Gasteiger partial charge in [0.1, 0.15) is 5.82 Å². The van der Waals surface area contributed by atoms with Crippen LogP contribution in [-0.4, -0.2) is 58.3 Å². The average molecular weight is 392 g/mol. The van der Waals surface area contributed by atoms with Crippen LogP contribution in [0.15, 0.2) is 23.1 Å². The number of carbonyl (C=O) groups is 1. The van der Waals surface area contributed by atoms with Crippen molar-refractivity contribution in [2.45, 2.75) is 31.2 Å². The van der Waals surface area contributed by atoms with Gasteiger partial charge in [-0.25, -0.2) is 25.9 Å². The molecule has 140 valence electrons. The Morgan fingerprint density at radius 2 is 2.08 bits per heavy atom. The van der Waals surface area contributed by atoms with E-state index in [-0.39, 0.29) is 41.0 Å². The van der Waals surface area contributed by atoms with E-state index in [1.54, 1.807) is 0 Å². The largest absolute Gasteiger partial charge is 0.338 e. The van der Waals surface area contributed by atoms with Gasteiger partial charge in [0.25, 0.3) is 0 Å². The van der Waals surface area contributed by atoms with E-state index in [9.17, 15) is 26.0 Å². The molecule has 7 nitrogen and oxygen atoms in total. The lowest BCUT2D eigenvalue weighted by atomic mass is 10.2. The molecule has 0 radical (unpaired) electrons. The molecule has 1 aliphatic rings. The quantitative estimate of drug-likeness (QED) is 0.757. The number of aryl methyl sites for hydroxylation is 1. The first-order chi connectivity index (χ1) is 11.5. The van der Waals surface area contributed by atoms with Crippen molar-refractivity contribution in [2.75, 3.05) is 24.6 Å². The highest BCUT2D eigenvalue weighted by molar-refractivity contribution is 7.91. The monoisotopic (exact) mass is 392 g/mol. The van der Waals surface area contributed by atoms with Crippen molar-refractivity contribution < 1.29 is 26.0 Å². The molecule has 0 aromatic heterocycles. The normalized spacial score (nSPS) is 19.7. The van der Waals surface area contributed by atoms with Crippen LogP contribution in [0.2, 0.25) is 0 Å². The second-order valence-corrected chi connectivity index (χ2v) is 10.0. The van der Waals surface area contributed by atoms with Gasteiger partial charge < -0.3 is 4.90 Å². The van der Waals surface area contributed by atoms with Gasteiger partial charge in [-0.2, -0.15) is 0 Å². The van der Waals surface area contributed by atoms with Gasteiger partial charge in [0, 0.05) is 26.1 Å². The summed E-state index contributed by atoms with van der Waals surface area (Å²) < 4.78 is 63.2. The highest BCUT2D eigenvalue weighted by Crippen LogP contribution is 2.18. The zero-order valence-corrected chi connectivity index (χ0v) is 15.7. The highest BCUT2D eigenvalue weighted by Gasteiger charge is 2.33. The summed E-state index contributed by atoms with van der Waals surface area (Å²) in [5, 5.41) is 0. The minimum Gasteiger partial charge on any atom is -0.338 e. The number of nitrogens with zero attached hydrogens (tertiary/aromatic N) is 1. The predicted octanol–water partition coefficient (Wildman–Crippen LogP) is 0.448. The minimum absolute atomic E-state index is 0.0297. The van der Waals surface area contributed by atoms with E-state index < -0.39 is 31.7 Å². The number of amides is 1. The first-order valence-corrected chi connectivity index (χ1v) is 11.1. The van der Waals surface area contributed by atoms with Crippen molar-refractivity contribution in [3.8, 4) is 0 Å². The Balaban J connectivity index is 2.03. The molecule has 1 fully saturated rings. The number of hydrogen-bond acceptors (Lipinski definition) is 5. The summed E-state index contributed by atoms with van der Waals surface area (Å²) in [6.07, 6.45) is 0.353. The maximum Gasteiger partial charge on any atom is 0.240 e. The van der Waals surface area contributed by atoms with E-state index >= 15 is 0 Å². The summed E-state index contributed by atoms with van der Waals surface area (Å²) in [6, 6.07) is 2.94. The smallest absolute Gasteiger partial charge is 0.240 e. The Bertz CT molecular complexity index is 868. The molecule has 10 heteroatoms. The van der Waals surface area contributed by atoms with E-state index in [1.807, 2.05) is 0 Å². The van der Waals surface area contributed by atoms with Gasteiger partial charge in [-0.1, -0.05) is 0 Å². The zero-order valence-electron chi connectivity index (χ0n) is 14.0. The van der Waals surface area contributed by atoms with Crippen molar-refractivity contribution in [1.82, 2.24) is 9.62 Å². The van der Waals surface area contributed by atoms with Gasteiger partial charge in [-0.3, -0.25) is 4.79 Å². The molecular formula is C15H21FN2O5S2. The van der Waals surface area contributed by atoms with E-state index in [2.05, 4.69) is 4.72 Å². The number of benzene rings is 1. The lowest BCUT2D eigenvalue weighted by Crippen LogP contribution is -2.44. The maximum atomic E-state index is 13.1. The van der Waals surface area contributed by atoms with Crippen molar-refractivity contribution in [3.63, 3.8) is 0 Å². The summed E-state index contributed by atoms with van der Waals surface area (Å²) in [5.41, 5.74) is 0.276. The number of halogens is 1. The van der Waals surface area contributed by atoms with E-state index in [0.717, 1.165) is 12.1 Å². The molecule has 1 aliphatic heterocycles. The number of hydrogen-bond donors (Lipinski definition) is 1. The summed E-state index contributed by atoms with van der Waals surface area (Å²) in [7, 11) is -7.00. The molecule has 0 bridgehead atoms. The molecular weight excluding hydrogens is 371 g/mol. The van der Waals surface area contributed by atoms with Gasteiger partial charge in [0.05, 0.1) is 16.4 Å². The summed E-state index contributed by atoms with van der Waals surface area (Å²) in [5.74, 6) is -0.904. The fourth-order valence-electron chi connectivity index (χ4n) is 2.91. The van der Waals surface area contributed by atoms with Crippen LogP contribution >= 0.6 is 0 Å². The van der Waals surface area contributed by atoms with Crippen molar-refractivity contribution in [3.05, 3.63) is 29.6 Å². The van der Waals surface area contributed by atoms with Crippen LogP contribution in [-0.2, 0) is 24.7 Å². The minimum atomic E-state index is -3.85. The molecule has 1 heterocycles. The predicted molar refractivity (Wildman–Crippen MR) is 90.8 cm³/mol.